The first kappa shape index (κ1) is 21.2. The van der Waals surface area contributed by atoms with E-state index in [2.05, 4.69) is 85.8 Å². The summed E-state index contributed by atoms with van der Waals surface area (Å²) in [4.78, 5) is 0. The number of nitrogens with zero attached hydrogens (tertiary/aromatic N) is 3. The Bertz CT molecular complexity index is 1120. The van der Waals surface area contributed by atoms with Gasteiger partial charge in [0, 0.05) is 31.4 Å². The van der Waals surface area contributed by atoms with Crippen molar-refractivity contribution in [3.8, 4) is 28.5 Å². The maximum absolute atomic E-state index is 4.66. The van der Waals surface area contributed by atoms with Crippen LogP contribution >= 0.6 is 0 Å². The molecule has 0 aliphatic rings. The molecule has 4 aromatic rings. The molecule has 4 heteroatoms. The molecule has 0 N–H and O–H groups in total. The number of aryl methyl sites for hydroxylation is 5. The van der Waals surface area contributed by atoms with Gasteiger partial charge in [-0.15, -0.1) is 41.0 Å². The molecule has 0 unspecified atom stereocenters. The van der Waals surface area contributed by atoms with Gasteiger partial charge in [0.05, 0.1) is 5.82 Å². The molecule has 0 aliphatic heterocycles. The van der Waals surface area contributed by atoms with Crippen molar-refractivity contribution in [3.63, 3.8) is 0 Å². The molecule has 1 heterocycles. The molecule has 149 valence electrons. The Morgan fingerprint density at radius 1 is 0.724 bits per heavy atom. The van der Waals surface area contributed by atoms with E-state index in [1.165, 1.54) is 27.8 Å². The third-order valence-corrected chi connectivity index (χ3v) is 5.18. The summed E-state index contributed by atoms with van der Waals surface area (Å²) in [5.74, 6) is 1.69. The van der Waals surface area contributed by atoms with Crippen molar-refractivity contribution in [2.75, 3.05) is 0 Å². The predicted molar refractivity (Wildman–Crippen MR) is 115 cm³/mol. The van der Waals surface area contributed by atoms with Crippen LogP contribution in [0.5, 0.6) is 0 Å². The molecular weight excluding hydrogens is 535 g/mol. The Balaban J connectivity index is 0.00000240. The van der Waals surface area contributed by atoms with Gasteiger partial charge in [0.25, 0.3) is 0 Å². The van der Waals surface area contributed by atoms with E-state index in [0.29, 0.717) is 0 Å². The molecule has 0 atom stereocenters. The van der Waals surface area contributed by atoms with Crippen LogP contribution in [0.15, 0.2) is 54.6 Å². The van der Waals surface area contributed by atoms with Crippen molar-refractivity contribution >= 4 is 0 Å². The Kier molecular flexibility index (Phi) is 6.16. The number of hydrogen-bond donors (Lipinski definition) is 0. The van der Waals surface area contributed by atoms with E-state index in [0.717, 1.165) is 28.5 Å². The van der Waals surface area contributed by atoms with E-state index in [4.69, 9.17) is 0 Å². The van der Waals surface area contributed by atoms with Crippen LogP contribution in [0.25, 0.3) is 28.5 Å². The smallest absolute Gasteiger partial charge is 0.159 e. The third-order valence-electron chi connectivity index (χ3n) is 5.18. The summed E-state index contributed by atoms with van der Waals surface area (Å²) in [6.07, 6.45) is 0. The third kappa shape index (κ3) is 3.83. The van der Waals surface area contributed by atoms with Gasteiger partial charge in [0.15, 0.2) is 5.82 Å². The van der Waals surface area contributed by atoms with Crippen LogP contribution in [0.1, 0.15) is 27.8 Å². The summed E-state index contributed by atoms with van der Waals surface area (Å²) >= 11 is 0. The van der Waals surface area contributed by atoms with Crippen molar-refractivity contribution < 1.29 is 20.1 Å². The Labute approximate surface area is 186 Å². The molecule has 0 spiro atoms. The molecule has 0 bridgehead atoms. The van der Waals surface area contributed by atoms with Crippen LogP contribution in [0.4, 0.5) is 0 Å². The summed E-state index contributed by atoms with van der Waals surface area (Å²) in [5.41, 5.74) is 9.28. The number of benzene rings is 3. The molecule has 0 amide bonds. The first-order valence-corrected chi connectivity index (χ1v) is 9.54. The maximum atomic E-state index is 4.66. The molecule has 1 radical (unpaired) electrons. The van der Waals surface area contributed by atoms with E-state index < -0.39 is 0 Å². The van der Waals surface area contributed by atoms with Crippen molar-refractivity contribution in [3.05, 3.63) is 88.5 Å². The molecule has 0 saturated carbocycles. The maximum Gasteiger partial charge on any atom is 0.159 e. The summed E-state index contributed by atoms with van der Waals surface area (Å²) in [7, 11) is 0. The van der Waals surface area contributed by atoms with Gasteiger partial charge in [-0.25, -0.2) is 0 Å². The first-order chi connectivity index (χ1) is 13.5. The Morgan fingerprint density at radius 3 is 1.93 bits per heavy atom. The molecule has 3 nitrogen and oxygen atoms in total. The average Bonchev–Trinajstić information content (AvgIpc) is 3.06. The monoisotopic (exact) mass is 559 g/mol. The van der Waals surface area contributed by atoms with Gasteiger partial charge >= 0.3 is 0 Å². The molecule has 4 rings (SSSR count). The fourth-order valence-electron chi connectivity index (χ4n) is 4.06. The number of hydrogen-bond acceptors (Lipinski definition) is 2. The minimum absolute atomic E-state index is 0. The molecule has 0 aliphatic carbocycles. The van der Waals surface area contributed by atoms with Crippen LogP contribution in [0.2, 0.25) is 0 Å². The van der Waals surface area contributed by atoms with E-state index in [9.17, 15) is 0 Å². The van der Waals surface area contributed by atoms with Gasteiger partial charge in [0.1, 0.15) is 0 Å². The standard InChI is InChI=1S/C25H24N3.Ir/c1-16-14-19(4)23(20(5)15-16)28-24(21-12-7-6-8-13-21)26-27-25(28)22-17(2)10-9-11-18(22)3;/h6-12,14-15H,1-5H3;/q-1;. The average molecular weight is 559 g/mol. The fraction of sp³-hybridized carbons (Fsp3) is 0.200. The van der Waals surface area contributed by atoms with Crippen LogP contribution in [0.3, 0.4) is 0 Å². The van der Waals surface area contributed by atoms with Crippen molar-refractivity contribution in [1.29, 1.82) is 0 Å². The van der Waals surface area contributed by atoms with E-state index in [1.54, 1.807) is 0 Å². The summed E-state index contributed by atoms with van der Waals surface area (Å²) < 4.78 is 2.20. The normalized spacial score (nSPS) is 10.7. The topological polar surface area (TPSA) is 30.7 Å². The van der Waals surface area contributed by atoms with Gasteiger partial charge < -0.3 is 4.57 Å². The number of rotatable bonds is 3. The van der Waals surface area contributed by atoms with Crippen LogP contribution < -0.4 is 0 Å². The fourth-order valence-corrected chi connectivity index (χ4v) is 4.06. The molecule has 1 aromatic heterocycles. The van der Waals surface area contributed by atoms with Gasteiger partial charge in [-0.1, -0.05) is 35.9 Å². The van der Waals surface area contributed by atoms with Crippen LogP contribution in [0, 0.1) is 40.7 Å². The zero-order valence-corrected chi connectivity index (χ0v) is 19.8. The Hall–Kier alpha value is -2.55. The zero-order valence-electron chi connectivity index (χ0n) is 17.4. The van der Waals surface area contributed by atoms with Crippen molar-refractivity contribution in [2.24, 2.45) is 0 Å². The van der Waals surface area contributed by atoms with Gasteiger partial charge in [0.2, 0.25) is 0 Å². The van der Waals surface area contributed by atoms with Crippen molar-refractivity contribution in [2.45, 2.75) is 34.6 Å². The van der Waals surface area contributed by atoms with Gasteiger partial charge in [-0.05, 0) is 56.9 Å². The van der Waals surface area contributed by atoms with Gasteiger partial charge in [-0.2, -0.15) is 5.10 Å². The minimum Gasteiger partial charge on any atom is -0.316 e. The predicted octanol–water partition coefficient (Wildman–Crippen LogP) is 5.94. The Morgan fingerprint density at radius 2 is 1.34 bits per heavy atom. The first-order valence-electron chi connectivity index (χ1n) is 9.54. The second kappa shape index (κ2) is 8.44. The quantitative estimate of drug-likeness (QED) is 0.292. The second-order valence-corrected chi connectivity index (χ2v) is 7.47. The number of aromatic nitrogens is 3. The molecule has 29 heavy (non-hydrogen) atoms. The zero-order chi connectivity index (χ0) is 19.8. The minimum atomic E-state index is 0. The molecular formula is C25H24IrN3-. The van der Waals surface area contributed by atoms with E-state index in [1.807, 2.05) is 24.3 Å². The SMILES string of the molecule is Cc1cc(C)c(-n2c(-c3[c-]cccc3)nnc2-c2c(C)cccc2C)c(C)c1.[Ir]. The summed E-state index contributed by atoms with van der Waals surface area (Å²) in [5, 5.41) is 9.27. The van der Waals surface area contributed by atoms with E-state index in [-0.39, 0.29) is 20.1 Å². The molecule has 0 fully saturated rings. The van der Waals surface area contributed by atoms with Crippen LogP contribution in [-0.4, -0.2) is 14.8 Å². The molecule has 0 saturated heterocycles. The summed E-state index contributed by atoms with van der Waals surface area (Å²) in [6.45, 7) is 10.7. The second-order valence-electron chi connectivity index (χ2n) is 7.47. The molecule has 3 aromatic carbocycles. The van der Waals surface area contributed by atoms with Crippen molar-refractivity contribution in [1.82, 2.24) is 14.8 Å². The van der Waals surface area contributed by atoms with E-state index >= 15 is 0 Å². The summed E-state index contributed by atoms with van der Waals surface area (Å²) in [6, 6.07) is 22.0. The van der Waals surface area contributed by atoms with Gasteiger partial charge in [-0.3, -0.25) is 0 Å². The largest absolute Gasteiger partial charge is 0.316 e. The van der Waals surface area contributed by atoms with Crippen LogP contribution in [-0.2, 0) is 20.1 Å².